The minimum atomic E-state index is -1.21. The lowest BCUT2D eigenvalue weighted by atomic mass is 9.96. The number of carboxylic acid groups (broad SMARTS) is 1. The number of carboxylic acids is 1. The molecule has 1 fully saturated rings. The zero-order valence-corrected chi connectivity index (χ0v) is 12.1. The molecule has 0 aromatic carbocycles. The van der Waals surface area contributed by atoms with Crippen LogP contribution >= 0.6 is 0 Å². The number of morpholine rings is 1. The van der Waals surface area contributed by atoms with Gasteiger partial charge in [-0.2, -0.15) is 0 Å². The second kappa shape index (κ2) is 6.23. The van der Waals surface area contributed by atoms with Crippen molar-refractivity contribution in [3.63, 3.8) is 0 Å². The molecule has 1 aliphatic rings. The van der Waals surface area contributed by atoms with E-state index in [1.54, 1.807) is 11.8 Å². The number of nitrogens with zero attached hydrogens (tertiary/aromatic N) is 1. The van der Waals surface area contributed by atoms with Crippen molar-refractivity contribution < 1.29 is 19.4 Å². The summed E-state index contributed by atoms with van der Waals surface area (Å²) >= 11 is 0. The van der Waals surface area contributed by atoms with Gasteiger partial charge in [-0.3, -0.25) is 0 Å². The van der Waals surface area contributed by atoms with Crippen LogP contribution in [0.25, 0.3) is 0 Å². The summed E-state index contributed by atoms with van der Waals surface area (Å²) in [6.07, 6.45) is 1.04. The third-order valence-corrected chi connectivity index (χ3v) is 3.31. The highest BCUT2D eigenvalue weighted by Crippen LogP contribution is 2.15. The molecular weight excluding hydrogens is 248 g/mol. The molecule has 0 radical (unpaired) electrons. The Balaban J connectivity index is 2.69. The Hall–Kier alpha value is -1.30. The SMILES string of the molecule is CCCC(C)(NC(=O)N1C[C@@H](C)O[C@@H](C)C1)C(=O)O. The van der Waals surface area contributed by atoms with E-state index in [9.17, 15) is 14.7 Å². The van der Waals surface area contributed by atoms with E-state index in [0.717, 1.165) is 0 Å². The van der Waals surface area contributed by atoms with Crippen LogP contribution in [-0.2, 0) is 9.53 Å². The Morgan fingerprint density at radius 2 is 1.89 bits per heavy atom. The third-order valence-electron chi connectivity index (χ3n) is 3.31. The average molecular weight is 272 g/mol. The topological polar surface area (TPSA) is 78.9 Å². The first-order valence-corrected chi connectivity index (χ1v) is 6.74. The molecule has 2 amide bonds. The molecule has 0 bridgehead atoms. The minimum Gasteiger partial charge on any atom is -0.480 e. The van der Waals surface area contributed by atoms with Gasteiger partial charge < -0.3 is 20.1 Å². The van der Waals surface area contributed by atoms with Crippen molar-refractivity contribution >= 4 is 12.0 Å². The monoisotopic (exact) mass is 272 g/mol. The van der Waals surface area contributed by atoms with Crippen molar-refractivity contribution in [2.75, 3.05) is 13.1 Å². The van der Waals surface area contributed by atoms with Crippen molar-refractivity contribution in [2.45, 2.75) is 58.3 Å². The number of carbonyl (C=O) groups is 2. The van der Waals surface area contributed by atoms with Crippen molar-refractivity contribution in [3.05, 3.63) is 0 Å². The van der Waals surface area contributed by atoms with E-state index in [0.29, 0.717) is 25.9 Å². The predicted molar refractivity (Wildman–Crippen MR) is 71.1 cm³/mol. The van der Waals surface area contributed by atoms with Crippen LogP contribution < -0.4 is 5.32 Å². The molecule has 110 valence electrons. The zero-order valence-electron chi connectivity index (χ0n) is 12.1. The van der Waals surface area contributed by atoms with Crippen LogP contribution in [-0.4, -0.2) is 52.8 Å². The fourth-order valence-corrected chi connectivity index (χ4v) is 2.38. The Morgan fingerprint density at radius 3 is 2.32 bits per heavy atom. The fourth-order valence-electron chi connectivity index (χ4n) is 2.38. The standard InChI is InChI=1S/C13H24N2O4/c1-5-6-13(4,11(16)17)14-12(18)15-7-9(2)19-10(3)8-15/h9-10H,5-8H2,1-4H3,(H,14,18)(H,16,17)/t9-,10+,13?. The molecule has 1 aliphatic heterocycles. The van der Waals surface area contributed by atoms with E-state index in [-0.39, 0.29) is 18.2 Å². The molecule has 1 saturated heterocycles. The molecule has 0 spiro atoms. The first kappa shape index (κ1) is 15.8. The van der Waals surface area contributed by atoms with Gasteiger partial charge in [0.25, 0.3) is 0 Å². The molecule has 0 aliphatic carbocycles. The molecule has 1 unspecified atom stereocenters. The summed E-state index contributed by atoms with van der Waals surface area (Å²) in [6, 6.07) is -0.333. The van der Waals surface area contributed by atoms with Gasteiger partial charge in [-0.1, -0.05) is 13.3 Å². The summed E-state index contributed by atoms with van der Waals surface area (Å²) in [4.78, 5) is 25.1. The number of ether oxygens (including phenoxy) is 1. The third kappa shape index (κ3) is 4.09. The lowest BCUT2D eigenvalue weighted by Crippen LogP contribution is -2.59. The summed E-state index contributed by atoms with van der Waals surface area (Å²) in [5.74, 6) is -1.00. The molecule has 1 rings (SSSR count). The summed E-state index contributed by atoms with van der Waals surface area (Å²) in [7, 11) is 0. The number of nitrogens with one attached hydrogen (secondary N) is 1. The Bertz CT molecular complexity index is 338. The second-order valence-electron chi connectivity index (χ2n) is 5.48. The summed E-state index contributed by atoms with van der Waals surface area (Å²) < 4.78 is 5.55. The first-order chi connectivity index (χ1) is 8.78. The summed E-state index contributed by atoms with van der Waals surface area (Å²) in [6.45, 7) is 8.21. The molecule has 0 aromatic rings. The van der Waals surface area contributed by atoms with E-state index in [4.69, 9.17) is 4.74 Å². The van der Waals surface area contributed by atoms with Crippen LogP contribution in [0.4, 0.5) is 4.79 Å². The molecule has 0 aromatic heterocycles. The second-order valence-corrected chi connectivity index (χ2v) is 5.48. The number of urea groups is 1. The van der Waals surface area contributed by atoms with Crippen molar-refractivity contribution in [1.82, 2.24) is 10.2 Å². The Morgan fingerprint density at radius 1 is 1.37 bits per heavy atom. The van der Waals surface area contributed by atoms with Gasteiger partial charge in [0.15, 0.2) is 0 Å². The smallest absolute Gasteiger partial charge is 0.329 e. The van der Waals surface area contributed by atoms with Gasteiger partial charge >= 0.3 is 12.0 Å². The average Bonchev–Trinajstić information content (AvgIpc) is 2.27. The Labute approximate surface area is 114 Å². The van der Waals surface area contributed by atoms with Gasteiger partial charge in [0, 0.05) is 13.1 Å². The molecule has 0 saturated carbocycles. The van der Waals surface area contributed by atoms with Gasteiger partial charge in [-0.05, 0) is 27.2 Å². The van der Waals surface area contributed by atoms with Crippen LogP contribution in [0, 0.1) is 0 Å². The van der Waals surface area contributed by atoms with Crippen LogP contribution in [0.5, 0.6) is 0 Å². The molecule has 6 nitrogen and oxygen atoms in total. The summed E-state index contributed by atoms with van der Waals surface area (Å²) in [5.41, 5.74) is -1.21. The lowest BCUT2D eigenvalue weighted by Gasteiger charge is -2.37. The highest BCUT2D eigenvalue weighted by atomic mass is 16.5. The zero-order chi connectivity index (χ0) is 14.6. The molecule has 6 heteroatoms. The van der Waals surface area contributed by atoms with Crippen LogP contribution in [0.2, 0.25) is 0 Å². The van der Waals surface area contributed by atoms with Crippen LogP contribution in [0.1, 0.15) is 40.5 Å². The van der Waals surface area contributed by atoms with E-state index >= 15 is 0 Å². The molecule has 2 N–H and O–H groups in total. The van der Waals surface area contributed by atoms with Crippen LogP contribution in [0.3, 0.4) is 0 Å². The number of carbonyl (C=O) groups excluding carboxylic acids is 1. The highest BCUT2D eigenvalue weighted by molar-refractivity contribution is 5.85. The summed E-state index contributed by atoms with van der Waals surface area (Å²) in [5, 5.41) is 11.9. The van der Waals surface area contributed by atoms with Crippen molar-refractivity contribution in [2.24, 2.45) is 0 Å². The minimum absolute atomic E-state index is 0.0308. The van der Waals surface area contributed by atoms with Crippen molar-refractivity contribution in [1.29, 1.82) is 0 Å². The number of amides is 2. The molecule has 1 heterocycles. The fraction of sp³-hybridized carbons (Fsp3) is 0.846. The van der Waals surface area contributed by atoms with Crippen molar-refractivity contribution in [3.8, 4) is 0 Å². The van der Waals surface area contributed by atoms with E-state index in [1.165, 1.54) is 0 Å². The molecule has 19 heavy (non-hydrogen) atoms. The number of hydrogen-bond acceptors (Lipinski definition) is 3. The largest absolute Gasteiger partial charge is 0.480 e. The van der Waals surface area contributed by atoms with Gasteiger partial charge in [0.2, 0.25) is 0 Å². The lowest BCUT2D eigenvalue weighted by molar-refractivity contribution is -0.144. The van der Waals surface area contributed by atoms with Gasteiger partial charge in [0.05, 0.1) is 12.2 Å². The predicted octanol–water partition coefficient (Wildman–Crippen LogP) is 1.45. The normalized spacial score (nSPS) is 26.6. The van der Waals surface area contributed by atoms with E-state index < -0.39 is 11.5 Å². The quantitative estimate of drug-likeness (QED) is 0.812. The number of rotatable bonds is 4. The van der Waals surface area contributed by atoms with E-state index in [2.05, 4.69) is 5.32 Å². The molecular formula is C13H24N2O4. The first-order valence-electron chi connectivity index (χ1n) is 6.74. The maximum atomic E-state index is 12.2. The van der Waals surface area contributed by atoms with Gasteiger partial charge in [-0.15, -0.1) is 0 Å². The highest BCUT2D eigenvalue weighted by Gasteiger charge is 2.36. The van der Waals surface area contributed by atoms with E-state index in [1.807, 2.05) is 20.8 Å². The number of hydrogen-bond donors (Lipinski definition) is 2. The van der Waals surface area contributed by atoms with Crippen LogP contribution in [0.15, 0.2) is 0 Å². The van der Waals surface area contributed by atoms with Gasteiger partial charge in [-0.25, -0.2) is 9.59 Å². The Kier molecular flexibility index (Phi) is 5.17. The number of aliphatic carboxylic acids is 1. The molecule has 3 atom stereocenters. The van der Waals surface area contributed by atoms with Gasteiger partial charge in [0.1, 0.15) is 5.54 Å². The maximum absolute atomic E-state index is 12.2. The maximum Gasteiger partial charge on any atom is 0.329 e.